The highest BCUT2D eigenvalue weighted by molar-refractivity contribution is 7.09. The minimum Gasteiger partial charge on any atom is -0.389 e. The number of nitrogens with zero attached hydrogens (tertiary/aromatic N) is 1. The van der Waals surface area contributed by atoms with Gasteiger partial charge in [-0.3, -0.25) is 0 Å². The highest BCUT2D eigenvalue weighted by Gasteiger charge is 2.23. The summed E-state index contributed by atoms with van der Waals surface area (Å²) in [6, 6.07) is 0. The molecule has 1 fully saturated rings. The maximum absolute atomic E-state index is 9.87. The summed E-state index contributed by atoms with van der Waals surface area (Å²) < 4.78 is 11.0. The van der Waals surface area contributed by atoms with E-state index in [9.17, 15) is 5.11 Å². The number of thiazole rings is 1. The summed E-state index contributed by atoms with van der Waals surface area (Å²) in [6.45, 7) is 7.46. The summed E-state index contributed by atoms with van der Waals surface area (Å²) in [6.07, 6.45) is 1.85. The number of rotatable bonds is 9. The zero-order chi connectivity index (χ0) is 15.1. The lowest BCUT2D eigenvalue weighted by molar-refractivity contribution is 0.0373. The number of aliphatic hydroxyl groups excluding tert-OH is 1. The number of hydrogen-bond acceptors (Lipinski definition) is 6. The largest absolute Gasteiger partial charge is 0.389 e. The minimum atomic E-state index is -0.454. The predicted molar refractivity (Wildman–Crippen MR) is 83.8 cm³/mol. The number of aryl methyl sites for hydroxylation is 1. The molecular weight excluding hydrogens is 288 g/mol. The van der Waals surface area contributed by atoms with Crippen LogP contribution in [0.1, 0.15) is 23.9 Å². The molecule has 5 nitrogen and oxygen atoms in total. The van der Waals surface area contributed by atoms with Crippen molar-refractivity contribution >= 4 is 11.3 Å². The summed E-state index contributed by atoms with van der Waals surface area (Å²) in [5, 5.41) is 13.2. The van der Waals surface area contributed by atoms with Gasteiger partial charge in [0.1, 0.15) is 0 Å². The van der Waals surface area contributed by atoms with Crippen molar-refractivity contribution in [3.8, 4) is 0 Å². The molecule has 2 heterocycles. The number of aliphatic hydroxyl groups is 1. The second-order valence-electron chi connectivity index (χ2n) is 5.62. The summed E-state index contributed by atoms with van der Waals surface area (Å²) in [5.41, 5.74) is 2.94. The molecule has 1 saturated heterocycles. The van der Waals surface area contributed by atoms with Gasteiger partial charge in [-0.05, 0) is 26.2 Å². The van der Waals surface area contributed by atoms with Gasteiger partial charge in [0.15, 0.2) is 0 Å². The Morgan fingerprint density at radius 3 is 3.14 bits per heavy atom. The molecule has 21 heavy (non-hydrogen) atoms. The van der Waals surface area contributed by atoms with Crippen molar-refractivity contribution in [1.29, 1.82) is 0 Å². The smallest absolute Gasteiger partial charge is 0.0897 e. The molecule has 3 unspecified atom stereocenters. The van der Waals surface area contributed by atoms with Crippen LogP contribution in [0, 0.1) is 12.8 Å². The van der Waals surface area contributed by atoms with E-state index in [2.05, 4.69) is 17.2 Å². The fraction of sp³-hybridized carbons (Fsp3) is 0.800. The molecule has 0 amide bonds. The average molecular weight is 314 g/mol. The highest BCUT2D eigenvalue weighted by atomic mass is 32.1. The second-order valence-corrected chi connectivity index (χ2v) is 6.56. The first kappa shape index (κ1) is 16.8. The van der Waals surface area contributed by atoms with Crippen LogP contribution in [0.5, 0.6) is 0 Å². The van der Waals surface area contributed by atoms with Crippen molar-refractivity contribution < 1.29 is 14.6 Å². The van der Waals surface area contributed by atoms with Gasteiger partial charge in [0, 0.05) is 31.0 Å². The van der Waals surface area contributed by atoms with E-state index in [0.717, 1.165) is 31.7 Å². The molecule has 6 heteroatoms. The Balaban J connectivity index is 1.49. The SMILES string of the molecule is Cc1ncsc1CCOCC(O)CNCC1CCOC1C. The number of aromatic nitrogens is 1. The van der Waals surface area contributed by atoms with Crippen LogP contribution < -0.4 is 5.32 Å². The fourth-order valence-corrected chi connectivity index (χ4v) is 3.25. The molecular formula is C15H26N2O3S. The molecule has 0 aromatic carbocycles. The number of hydrogen-bond donors (Lipinski definition) is 2. The maximum atomic E-state index is 9.87. The lowest BCUT2D eigenvalue weighted by atomic mass is 10.0. The molecule has 2 rings (SSSR count). The Bertz CT molecular complexity index is 413. The van der Waals surface area contributed by atoms with Crippen LogP contribution >= 0.6 is 11.3 Å². The van der Waals surface area contributed by atoms with E-state index in [1.165, 1.54) is 4.88 Å². The topological polar surface area (TPSA) is 63.6 Å². The third-order valence-electron chi connectivity index (χ3n) is 3.95. The molecule has 1 aromatic rings. The van der Waals surface area contributed by atoms with E-state index < -0.39 is 6.10 Å². The van der Waals surface area contributed by atoms with Crippen LogP contribution in [-0.4, -0.2) is 55.2 Å². The van der Waals surface area contributed by atoms with Crippen LogP contribution in [-0.2, 0) is 15.9 Å². The maximum Gasteiger partial charge on any atom is 0.0897 e. The van der Waals surface area contributed by atoms with Gasteiger partial charge >= 0.3 is 0 Å². The van der Waals surface area contributed by atoms with Crippen molar-refractivity contribution in [2.75, 3.05) is 32.9 Å². The molecule has 0 radical (unpaired) electrons. The van der Waals surface area contributed by atoms with Gasteiger partial charge < -0.3 is 19.9 Å². The Morgan fingerprint density at radius 1 is 1.62 bits per heavy atom. The summed E-state index contributed by atoms with van der Waals surface area (Å²) in [4.78, 5) is 5.47. The van der Waals surface area contributed by atoms with Crippen molar-refractivity contribution in [3.05, 3.63) is 16.1 Å². The first-order valence-corrected chi connectivity index (χ1v) is 8.52. The summed E-state index contributed by atoms with van der Waals surface area (Å²) in [7, 11) is 0. The lowest BCUT2D eigenvalue weighted by Crippen LogP contribution is -2.35. The van der Waals surface area contributed by atoms with Gasteiger partial charge in [-0.1, -0.05) is 0 Å². The third-order valence-corrected chi connectivity index (χ3v) is 4.94. The normalized spacial score (nSPS) is 23.6. The van der Waals surface area contributed by atoms with E-state index in [-0.39, 0.29) is 0 Å². The lowest BCUT2D eigenvalue weighted by Gasteiger charge is -2.17. The first-order chi connectivity index (χ1) is 10.2. The van der Waals surface area contributed by atoms with Crippen LogP contribution in [0.25, 0.3) is 0 Å². The molecule has 2 N–H and O–H groups in total. The predicted octanol–water partition coefficient (Wildman–Crippen LogP) is 1.39. The number of nitrogens with one attached hydrogen (secondary N) is 1. The standard InChI is InChI=1S/C15H26N2O3S/c1-11-15(21-10-17-11)4-5-19-9-14(18)8-16-7-13-3-6-20-12(13)2/h10,12-14,16,18H,3-9H2,1-2H3. The van der Waals surface area contributed by atoms with E-state index in [4.69, 9.17) is 9.47 Å². The fourth-order valence-electron chi connectivity index (χ4n) is 2.49. The molecule has 120 valence electrons. The van der Waals surface area contributed by atoms with Crippen LogP contribution in [0.2, 0.25) is 0 Å². The van der Waals surface area contributed by atoms with Gasteiger partial charge in [0.25, 0.3) is 0 Å². The molecule has 3 atom stereocenters. The minimum absolute atomic E-state index is 0.327. The van der Waals surface area contributed by atoms with E-state index in [0.29, 0.717) is 31.8 Å². The van der Waals surface area contributed by atoms with E-state index in [1.807, 2.05) is 12.4 Å². The molecule has 1 aromatic heterocycles. The van der Waals surface area contributed by atoms with Crippen LogP contribution in [0.15, 0.2) is 5.51 Å². The summed E-state index contributed by atoms with van der Waals surface area (Å²) in [5.74, 6) is 0.562. The van der Waals surface area contributed by atoms with Crippen LogP contribution in [0.3, 0.4) is 0 Å². The number of ether oxygens (including phenoxy) is 2. The molecule has 1 aliphatic heterocycles. The van der Waals surface area contributed by atoms with Gasteiger partial charge in [-0.2, -0.15) is 0 Å². The molecule has 0 saturated carbocycles. The molecule has 0 spiro atoms. The van der Waals surface area contributed by atoms with Gasteiger partial charge in [-0.15, -0.1) is 11.3 Å². The van der Waals surface area contributed by atoms with Gasteiger partial charge in [0.05, 0.1) is 36.6 Å². The quantitative estimate of drug-likeness (QED) is 0.674. The van der Waals surface area contributed by atoms with Gasteiger partial charge in [0.2, 0.25) is 0 Å². The van der Waals surface area contributed by atoms with Crippen molar-refractivity contribution in [2.45, 2.75) is 38.9 Å². The van der Waals surface area contributed by atoms with Crippen LogP contribution in [0.4, 0.5) is 0 Å². The molecule has 0 bridgehead atoms. The van der Waals surface area contributed by atoms with E-state index >= 15 is 0 Å². The van der Waals surface area contributed by atoms with Crippen molar-refractivity contribution in [3.63, 3.8) is 0 Å². The zero-order valence-electron chi connectivity index (χ0n) is 12.9. The van der Waals surface area contributed by atoms with Crippen molar-refractivity contribution in [1.82, 2.24) is 10.3 Å². The highest BCUT2D eigenvalue weighted by Crippen LogP contribution is 2.19. The van der Waals surface area contributed by atoms with Crippen molar-refractivity contribution in [2.24, 2.45) is 5.92 Å². The Kier molecular flexibility index (Phi) is 7.06. The third kappa shape index (κ3) is 5.64. The van der Waals surface area contributed by atoms with Gasteiger partial charge in [-0.25, -0.2) is 4.98 Å². The Morgan fingerprint density at radius 2 is 2.48 bits per heavy atom. The monoisotopic (exact) mass is 314 g/mol. The van der Waals surface area contributed by atoms with E-state index in [1.54, 1.807) is 11.3 Å². The molecule has 1 aliphatic rings. The summed E-state index contributed by atoms with van der Waals surface area (Å²) >= 11 is 1.66. The average Bonchev–Trinajstić information content (AvgIpc) is 3.04. The Hall–Kier alpha value is -0.530. The molecule has 0 aliphatic carbocycles. The first-order valence-electron chi connectivity index (χ1n) is 7.64. The second kappa shape index (κ2) is 8.80. The Labute approximate surface area is 130 Å². The zero-order valence-corrected chi connectivity index (χ0v) is 13.7.